The maximum atomic E-state index is 12.3. The highest BCUT2D eigenvalue weighted by Crippen LogP contribution is 2.36. The van der Waals surface area contributed by atoms with Crippen LogP contribution in [-0.2, 0) is 4.74 Å². The Morgan fingerprint density at radius 3 is 2.85 bits per heavy atom. The summed E-state index contributed by atoms with van der Waals surface area (Å²) >= 11 is 6.11. The van der Waals surface area contributed by atoms with Crippen molar-refractivity contribution in [2.75, 3.05) is 32.7 Å². The molecule has 0 radical (unpaired) electrons. The average Bonchev–Trinajstić information content (AvgIpc) is 3.21. The number of benzene rings is 1. The molecule has 144 valence electrons. The van der Waals surface area contributed by atoms with E-state index in [4.69, 9.17) is 25.8 Å². The molecule has 1 aliphatic rings. The van der Waals surface area contributed by atoms with Gasteiger partial charge in [-0.15, -0.1) is 0 Å². The van der Waals surface area contributed by atoms with Gasteiger partial charge < -0.3 is 24.8 Å². The molecule has 0 aliphatic carbocycles. The minimum atomic E-state index is -0.281. The third-order valence-electron chi connectivity index (χ3n) is 4.12. The van der Waals surface area contributed by atoms with Crippen molar-refractivity contribution < 1.29 is 19.0 Å². The summed E-state index contributed by atoms with van der Waals surface area (Å²) in [5.41, 5.74) is 0.820. The van der Waals surface area contributed by atoms with Gasteiger partial charge in [-0.3, -0.25) is 4.79 Å². The number of nitrogens with one attached hydrogen (secondary N) is 2. The highest BCUT2D eigenvalue weighted by molar-refractivity contribution is 6.32. The molecule has 1 fully saturated rings. The third-order valence-corrected chi connectivity index (χ3v) is 4.42. The fraction of sp³-hybridized carbons (Fsp3) is 0.389. The van der Waals surface area contributed by atoms with Crippen molar-refractivity contribution >= 4 is 29.1 Å². The van der Waals surface area contributed by atoms with E-state index in [-0.39, 0.29) is 23.7 Å². The van der Waals surface area contributed by atoms with E-state index in [0.717, 1.165) is 19.4 Å². The van der Waals surface area contributed by atoms with E-state index < -0.39 is 0 Å². The van der Waals surface area contributed by atoms with Gasteiger partial charge in [0.15, 0.2) is 0 Å². The predicted octanol–water partition coefficient (Wildman–Crippen LogP) is 2.80. The van der Waals surface area contributed by atoms with Crippen molar-refractivity contribution in [1.29, 1.82) is 0 Å². The van der Waals surface area contributed by atoms with Crippen LogP contribution in [0.25, 0.3) is 0 Å². The third kappa shape index (κ3) is 4.78. The summed E-state index contributed by atoms with van der Waals surface area (Å²) in [5, 5.41) is 6.28. The molecule has 1 amide bonds. The number of carbonyl (C=O) groups excluding carboxylic acids is 1. The maximum absolute atomic E-state index is 12.3. The lowest BCUT2D eigenvalue weighted by atomic mass is 10.2. The molecule has 0 saturated carbocycles. The van der Waals surface area contributed by atoms with Gasteiger partial charge in [-0.05, 0) is 18.9 Å². The van der Waals surface area contributed by atoms with Crippen LogP contribution in [0.4, 0.5) is 11.6 Å². The monoisotopic (exact) mass is 392 g/mol. The Kier molecular flexibility index (Phi) is 6.31. The lowest BCUT2D eigenvalue weighted by molar-refractivity contribution is 0.0853. The van der Waals surface area contributed by atoms with Gasteiger partial charge in [0, 0.05) is 31.5 Å². The maximum Gasteiger partial charge on any atom is 0.270 e. The fourth-order valence-electron chi connectivity index (χ4n) is 2.73. The van der Waals surface area contributed by atoms with Gasteiger partial charge in [-0.1, -0.05) is 11.6 Å². The fourth-order valence-corrected chi connectivity index (χ4v) is 2.96. The minimum absolute atomic E-state index is 0.0687. The zero-order valence-electron chi connectivity index (χ0n) is 15.1. The standard InChI is InChI=1S/C18H21ClN4O4/c1-25-15-9-14(16(26-2)8-12(15)19)23-18-20-6-5-13(22-18)17(24)21-10-11-4-3-7-27-11/h5-6,8-9,11H,3-4,7,10H2,1-2H3,(H,21,24)(H,20,22,23). The van der Waals surface area contributed by atoms with Crippen LogP contribution in [0.1, 0.15) is 23.3 Å². The molecule has 2 heterocycles. The zero-order valence-corrected chi connectivity index (χ0v) is 15.9. The van der Waals surface area contributed by atoms with Gasteiger partial charge in [-0.2, -0.15) is 0 Å². The molecule has 3 rings (SSSR count). The summed E-state index contributed by atoms with van der Waals surface area (Å²) in [6.45, 7) is 1.21. The number of anilines is 2. The Morgan fingerprint density at radius 2 is 2.15 bits per heavy atom. The number of nitrogens with zero attached hydrogens (tertiary/aromatic N) is 2. The van der Waals surface area contributed by atoms with Crippen molar-refractivity contribution in [3.8, 4) is 11.5 Å². The number of halogens is 1. The van der Waals surface area contributed by atoms with E-state index in [1.807, 2.05) is 0 Å². The summed E-state index contributed by atoms with van der Waals surface area (Å²) in [7, 11) is 3.05. The van der Waals surface area contributed by atoms with Gasteiger partial charge in [-0.25, -0.2) is 9.97 Å². The summed E-state index contributed by atoms with van der Waals surface area (Å²) in [5.74, 6) is 0.946. The number of ether oxygens (including phenoxy) is 3. The van der Waals surface area contributed by atoms with Crippen molar-refractivity contribution in [2.24, 2.45) is 0 Å². The average molecular weight is 393 g/mol. The van der Waals surface area contributed by atoms with Crippen LogP contribution >= 0.6 is 11.6 Å². The topological polar surface area (TPSA) is 94.6 Å². The molecular formula is C18H21ClN4O4. The summed E-state index contributed by atoms with van der Waals surface area (Å²) in [4.78, 5) is 20.7. The van der Waals surface area contributed by atoms with Crippen LogP contribution in [0.5, 0.6) is 11.5 Å². The van der Waals surface area contributed by atoms with E-state index >= 15 is 0 Å². The molecule has 1 aromatic heterocycles. The second-order valence-electron chi connectivity index (χ2n) is 5.92. The van der Waals surface area contributed by atoms with E-state index in [2.05, 4.69) is 20.6 Å². The van der Waals surface area contributed by atoms with E-state index in [1.54, 1.807) is 18.2 Å². The molecule has 2 N–H and O–H groups in total. The van der Waals surface area contributed by atoms with Crippen molar-refractivity contribution in [3.63, 3.8) is 0 Å². The predicted molar refractivity (Wildman–Crippen MR) is 101 cm³/mol. The lowest BCUT2D eigenvalue weighted by Gasteiger charge is -2.13. The quantitative estimate of drug-likeness (QED) is 0.748. The first kappa shape index (κ1) is 19.2. The van der Waals surface area contributed by atoms with Crippen LogP contribution in [0.3, 0.4) is 0 Å². The number of methoxy groups -OCH3 is 2. The van der Waals surface area contributed by atoms with Gasteiger partial charge >= 0.3 is 0 Å². The SMILES string of the molecule is COc1cc(Nc2nccc(C(=O)NCC3CCCO3)n2)c(OC)cc1Cl. The van der Waals surface area contributed by atoms with Gasteiger partial charge in [0.2, 0.25) is 5.95 Å². The van der Waals surface area contributed by atoms with E-state index in [0.29, 0.717) is 28.8 Å². The number of amides is 1. The van der Waals surface area contributed by atoms with Crippen LogP contribution in [-0.4, -0.2) is 49.4 Å². The molecule has 1 aliphatic heterocycles. The van der Waals surface area contributed by atoms with Crippen LogP contribution in [0.15, 0.2) is 24.4 Å². The molecule has 1 unspecified atom stereocenters. The highest BCUT2D eigenvalue weighted by Gasteiger charge is 2.18. The van der Waals surface area contributed by atoms with E-state index in [1.165, 1.54) is 20.4 Å². The summed E-state index contributed by atoms with van der Waals surface area (Å²) < 4.78 is 16.0. The molecule has 2 aromatic rings. The first-order valence-corrected chi connectivity index (χ1v) is 8.90. The Labute approximate surface area is 162 Å². The van der Waals surface area contributed by atoms with Crippen molar-refractivity contribution in [1.82, 2.24) is 15.3 Å². The van der Waals surface area contributed by atoms with Gasteiger partial charge in [0.1, 0.15) is 17.2 Å². The summed E-state index contributed by atoms with van der Waals surface area (Å²) in [6.07, 6.45) is 3.55. The number of hydrogen-bond donors (Lipinski definition) is 2. The van der Waals surface area contributed by atoms with Crippen LogP contribution in [0.2, 0.25) is 5.02 Å². The molecule has 9 heteroatoms. The molecule has 1 aromatic carbocycles. The van der Waals surface area contributed by atoms with Gasteiger partial charge in [0.05, 0.1) is 31.0 Å². The molecule has 1 atom stereocenters. The highest BCUT2D eigenvalue weighted by atomic mass is 35.5. The number of carbonyl (C=O) groups is 1. The van der Waals surface area contributed by atoms with Gasteiger partial charge in [0.25, 0.3) is 5.91 Å². The smallest absolute Gasteiger partial charge is 0.270 e. The minimum Gasteiger partial charge on any atom is -0.495 e. The number of rotatable bonds is 7. The Hall–Kier alpha value is -2.58. The van der Waals surface area contributed by atoms with Crippen LogP contribution in [0, 0.1) is 0 Å². The van der Waals surface area contributed by atoms with Crippen LogP contribution < -0.4 is 20.1 Å². The van der Waals surface area contributed by atoms with Crippen molar-refractivity contribution in [2.45, 2.75) is 18.9 Å². The van der Waals surface area contributed by atoms with Crippen molar-refractivity contribution in [3.05, 3.63) is 35.1 Å². The second kappa shape index (κ2) is 8.88. The molecule has 0 bridgehead atoms. The number of hydrogen-bond acceptors (Lipinski definition) is 7. The normalized spacial score (nSPS) is 16.0. The van der Waals surface area contributed by atoms with E-state index in [9.17, 15) is 4.79 Å². The lowest BCUT2D eigenvalue weighted by Crippen LogP contribution is -2.32. The molecular weight excluding hydrogens is 372 g/mol. The molecule has 1 saturated heterocycles. The molecule has 0 spiro atoms. The second-order valence-corrected chi connectivity index (χ2v) is 6.33. The zero-order chi connectivity index (χ0) is 19.2. The Bertz CT molecular complexity index is 812. The Morgan fingerprint density at radius 1 is 1.33 bits per heavy atom. The first-order valence-electron chi connectivity index (χ1n) is 8.52. The largest absolute Gasteiger partial charge is 0.495 e. The first-order chi connectivity index (χ1) is 13.1. The molecule has 27 heavy (non-hydrogen) atoms. The molecule has 8 nitrogen and oxygen atoms in total. The number of aromatic nitrogens is 2. The summed E-state index contributed by atoms with van der Waals surface area (Å²) in [6, 6.07) is 4.85. The Balaban J connectivity index is 1.72.